The summed E-state index contributed by atoms with van der Waals surface area (Å²) >= 11 is 0. The van der Waals surface area contributed by atoms with Gasteiger partial charge in [0, 0.05) is 51.2 Å². The highest BCUT2D eigenvalue weighted by atomic mass is 16.3. The van der Waals surface area contributed by atoms with E-state index in [0.29, 0.717) is 25.6 Å². The average Bonchev–Trinajstić information content (AvgIpc) is 3.00. The number of hydrogen-bond acceptors (Lipinski definition) is 4. The third-order valence-corrected chi connectivity index (χ3v) is 4.88. The van der Waals surface area contributed by atoms with E-state index in [-0.39, 0.29) is 37.3 Å². The number of carbonyl (C=O) groups excluding carboxylic acids is 2. The van der Waals surface area contributed by atoms with E-state index >= 15 is 0 Å². The van der Waals surface area contributed by atoms with Gasteiger partial charge in [-0.1, -0.05) is 12.8 Å². The lowest BCUT2D eigenvalue weighted by Gasteiger charge is -2.39. The Morgan fingerprint density at radius 2 is 1.91 bits per heavy atom. The fourth-order valence-corrected chi connectivity index (χ4v) is 3.38. The van der Waals surface area contributed by atoms with Crippen LogP contribution >= 0.6 is 0 Å². The van der Waals surface area contributed by atoms with E-state index in [1.165, 1.54) is 12.8 Å². The SMILES string of the molecule is CN1CCN(C(=O)CCC(=O)NC2CCCC2)C[C@@H]1CCO. The number of rotatable bonds is 6. The van der Waals surface area contributed by atoms with Crippen molar-refractivity contribution in [1.29, 1.82) is 0 Å². The second-order valence-electron chi connectivity index (χ2n) is 6.54. The molecule has 0 aromatic rings. The number of amides is 2. The first-order valence-electron chi connectivity index (χ1n) is 8.48. The molecule has 0 radical (unpaired) electrons. The quantitative estimate of drug-likeness (QED) is 0.742. The standard InChI is InChI=1S/C16H29N3O3/c1-18-9-10-19(12-14(18)8-11-20)16(22)7-6-15(21)17-13-4-2-3-5-13/h13-14,20H,2-12H2,1H3,(H,17,21)/t14-/m0/s1. The molecular formula is C16H29N3O3. The van der Waals surface area contributed by atoms with Crippen LogP contribution in [0, 0.1) is 0 Å². The summed E-state index contributed by atoms with van der Waals surface area (Å²) in [5.41, 5.74) is 0. The number of likely N-dealkylation sites (N-methyl/N-ethyl adjacent to an activating group) is 1. The molecule has 1 aliphatic carbocycles. The van der Waals surface area contributed by atoms with Crippen LogP contribution in [0.3, 0.4) is 0 Å². The van der Waals surface area contributed by atoms with Crippen LogP contribution in [0.1, 0.15) is 44.9 Å². The number of piperazine rings is 1. The maximum absolute atomic E-state index is 12.3. The molecule has 1 aliphatic heterocycles. The Morgan fingerprint density at radius 3 is 2.59 bits per heavy atom. The molecule has 0 bridgehead atoms. The van der Waals surface area contributed by atoms with Crippen LogP contribution in [-0.2, 0) is 9.59 Å². The van der Waals surface area contributed by atoms with E-state index in [0.717, 1.165) is 19.4 Å². The van der Waals surface area contributed by atoms with Crippen molar-refractivity contribution in [1.82, 2.24) is 15.1 Å². The summed E-state index contributed by atoms with van der Waals surface area (Å²) in [6.45, 7) is 2.33. The summed E-state index contributed by atoms with van der Waals surface area (Å²) < 4.78 is 0. The summed E-state index contributed by atoms with van der Waals surface area (Å²) in [4.78, 5) is 28.2. The lowest BCUT2D eigenvalue weighted by Crippen LogP contribution is -2.53. The molecule has 6 nitrogen and oxygen atoms in total. The molecule has 2 rings (SSSR count). The number of aliphatic hydroxyl groups is 1. The van der Waals surface area contributed by atoms with Gasteiger partial charge < -0.3 is 15.3 Å². The van der Waals surface area contributed by atoms with Crippen molar-refractivity contribution >= 4 is 11.8 Å². The Kier molecular flexibility index (Phi) is 6.64. The molecule has 0 aromatic heterocycles. The molecule has 0 spiro atoms. The van der Waals surface area contributed by atoms with Gasteiger partial charge in [-0.2, -0.15) is 0 Å². The Morgan fingerprint density at radius 1 is 1.18 bits per heavy atom. The van der Waals surface area contributed by atoms with Crippen molar-refractivity contribution in [2.75, 3.05) is 33.3 Å². The van der Waals surface area contributed by atoms with E-state index in [1.54, 1.807) is 0 Å². The lowest BCUT2D eigenvalue weighted by molar-refractivity contribution is -0.136. The van der Waals surface area contributed by atoms with Crippen LogP contribution < -0.4 is 5.32 Å². The third-order valence-electron chi connectivity index (χ3n) is 4.88. The Balaban J connectivity index is 1.70. The second-order valence-corrected chi connectivity index (χ2v) is 6.54. The summed E-state index contributed by atoms with van der Waals surface area (Å²) in [7, 11) is 2.02. The highest BCUT2D eigenvalue weighted by molar-refractivity contribution is 5.84. The molecule has 1 saturated heterocycles. The molecule has 1 atom stereocenters. The first-order valence-corrected chi connectivity index (χ1v) is 8.48. The van der Waals surface area contributed by atoms with Crippen LogP contribution in [0.25, 0.3) is 0 Å². The number of hydrogen-bond donors (Lipinski definition) is 2. The zero-order valence-electron chi connectivity index (χ0n) is 13.6. The van der Waals surface area contributed by atoms with Crippen molar-refractivity contribution in [2.24, 2.45) is 0 Å². The number of nitrogens with zero attached hydrogens (tertiary/aromatic N) is 2. The first-order chi connectivity index (χ1) is 10.6. The largest absolute Gasteiger partial charge is 0.396 e. The number of nitrogens with one attached hydrogen (secondary N) is 1. The zero-order chi connectivity index (χ0) is 15.9. The van der Waals surface area contributed by atoms with Crippen LogP contribution in [0.15, 0.2) is 0 Å². The van der Waals surface area contributed by atoms with Gasteiger partial charge >= 0.3 is 0 Å². The van der Waals surface area contributed by atoms with Gasteiger partial charge in [-0.15, -0.1) is 0 Å². The molecular weight excluding hydrogens is 282 g/mol. The van der Waals surface area contributed by atoms with Crippen LogP contribution in [0.5, 0.6) is 0 Å². The zero-order valence-corrected chi connectivity index (χ0v) is 13.6. The summed E-state index contributed by atoms with van der Waals surface area (Å²) in [5, 5.41) is 12.1. The van der Waals surface area contributed by atoms with Gasteiger partial charge in [-0.3, -0.25) is 14.5 Å². The molecule has 0 unspecified atom stereocenters. The molecule has 126 valence electrons. The molecule has 1 heterocycles. The number of carbonyl (C=O) groups is 2. The van der Waals surface area contributed by atoms with E-state index in [2.05, 4.69) is 10.2 Å². The van der Waals surface area contributed by atoms with Crippen LogP contribution in [0.4, 0.5) is 0 Å². The van der Waals surface area contributed by atoms with E-state index in [1.807, 2.05) is 11.9 Å². The maximum atomic E-state index is 12.3. The van der Waals surface area contributed by atoms with Crippen molar-refractivity contribution < 1.29 is 14.7 Å². The van der Waals surface area contributed by atoms with Gasteiger partial charge in [-0.25, -0.2) is 0 Å². The van der Waals surface area contributed by atoms with Gasteiger partial charge in [0.15, 0.2) is 0 Å². The second kappa shape index (κ2) is 8.48. The lowest BCUT2D eigenvalue weighted by atomic mass is 10.1. The maximum Gasteiger partial charge on any atom is 0.223 e. The minimum absolute atomic E-state index is 0.00119. The molecule has 2 amide bonds. The van der Waals surface area contributed by atoms with Crippen molar-refractivity contribution in [3.8, 4) is 0 Å². The molecule has 2 N–H and O–H groups in total. The Hall–Kier alpha value is -1.14. The van der Waals surface area contributed by atoms with Crippen molar-refractivity contribution in [3.05, 3.63) is 0 Å². The average molecular weight is 311 g/mol. The van der Waals surface area contributed by atoms with Gasteiger partial charge in [-0.05, 0) is 26.3 Å². The topological polar surface area (TPSA) is 72.9 Å². The van der Waals surface area contributed by atoms with Gasteiger partial charge in [0.05, 0.1) is 0 Å². The molecule has 2 aliphatic rings. The highest BCUT2D eigenvalue weighted by Gasteiger charge is 2.27. The summed E-state index contributed by atoms with van der Waals surface area (Å²) in [6.07, 6.45) is 5.78. The third kappa shape index (κ3) is 4.95. The van der Waals surface area contributed by atoms with Gasteiger partial charge in [0.25, 0.3) is 0 Å². The van der Waals surface area contributed by atoms with Gasteiger partial charge in [0.1, 0.15) is 0 Å². The minimum Gasteiger partial charge on any atom is -0.396 e. The summed E-state index contributed by atoms with van der Waals surface area (Å²) in [5.74, 6) is 0.0545. The smallest absolute Gasteiger partial charge is 0.223 e. The van der Waals surface area contributed by atoms with Crippen LogP contribution in [0.2, 0.25) is 0 Å². The highest BCUT2D eigenvalue weighted by Crippen LogP contribution is 2.18. The van der Waals surface area contributed by atoms with E-state index in [4.69, 9.17) is 5.11 Å². The summed E-state index contributed by atoms with van der Waals surface area (Å²) in [6, 6.07) is 0.537. The van der Waals surface area contributed by atoms with E-state index in [9.17, 15) is 9.59 Å². The minimum atomic E-state index is 0.00119. The predicted molar refractivity (Wildman–Crippen MR) is 84.3 cm³/mol. The monoisotopic (exact) mass is 311 g/mol. The molecule has 1 saturated carbocycles. The van der Waals surface area contributed by atoms with Crippen molar-refractivity contribution in [2.45, 2.75) is 57.0 Å². The first kappa shape index (κ1) is 17.2. The predicted octanol–water partition coefficient (Wildman–Crippen LogP) is 0.350. The van der Waals surface area contributed by atoms with E-state index < -0.39 is 0 Å². The van der Waals surface area contributed by atoms with Crippen molar-refractivity contribution in [3.63, 3.8) is 0 Å². The Bertz CT molecular complexity index is 383. The van der Waals surface area contributed by atoms with Gasteiger partial charge in [0.2, 0.25) is 11.8 Å². The fourth-order valence-electron chi connectivity index (χ4n) is 3.38. The van der Waals surface area contributed by atoms with Crippen LogP contribution in [-0.4, -0.2) is 72.1 Å². The normalized spacial score (nSPS) is 23.7. The molecule has 0 aromatic carbocycles. The molecule has 6 heteroatoms. The number of aliphatic hydroxyl groups excluding tert-OH is 1. The molecule has 22 heavy (non-hydrogen) atoms. The Labute approximate surface area is 132 Å². The fraction of sp³-hybridized carbons (Fsp3) is 0.875. The molecule has 2 fully saturated rings.